The second-order valence-electron chi connectivity index (χ2n) is 5.93. The van der Waals surface area contributed by atoms with Gasteiger partial charge in [0.05, 0.1) is 0 Å². The number of aromatic nitrogens is 2. The van der Waals surface area contributed by atoms with Crippen LogP contribution in [0.2, 0.25) is 0 Å². The Balaban J connectivity index is 1.66. The summed E-state index contributed by atoms with van der Waals surface area (Å²) in [4.78, 5) is 23.4. The van der Waals surface area contributed by atoms with E-state index in [0.29, 0.717) is 6.54 Å². The maximum atomic E-state index is 12.1. The molecule has 1 aromatic heterocycles. The Kier molecular flexibility index (Phi) is 4.75. The van der Waals surface area contributed by atoms with Crippen molar-refractivity contribution in [3.63, 3.8) is 0 Å². The van der Waals surface area contributed by atoms with E-state index in [0.717, 1.165) is 15.8 Å². The summed E-state index contributed by atoms with van der Waals surface area (Å²) in [5, 5.41) is 6.75. The van der Waals surface area contributed by atoms with Crippen LogP contribution in [0.5, 0.6) is 0 Å². The fourth-order valence-electron chi connectivity index (χ4n) is 2.54. The molecule has 0 aliphatic heterocycles. The van der Waals surface area contributed by atoms with Crippen LogP contribution in [0, 0.1) is 6.92 Å². The first-order chi connectivity index (χ1) is 12.0. The van der Waals surface area contributed by atoms with E-state index in [1.54, 1.807) is 0 Å². The largest absolute Gasteiger partial charge is 0.347 e. The Morgan fingerprint density at radius 3 is 2.48 bits per heavy atom. The molecule has 5 nitrogen and oxygen atoms in total. The van der Waals surface area contributed by atoms with Gasteiger partial charge in [-0.15, -0.1) is 0 Å². The van der Waals surface area contributed by atoms with Gasteiger partial charge in [-0.3, -0.25) is 9.59 Å². The molecule has 1 heterocycles. The molecule has 126 valence electrons. The van der Waals surface area contributed by atoms with Gasteiger partial charge < -0.3 is 5.32 Å². The Morgan fingerprint density at radius 1 is 1.04 bits per heavy atom. The fraction of sp³-hybridized carbons (Fsp3) is 0.150. The first kappa shape index (κ1) is 16.6. The van der Waals surface area contributed by atoms with Crippen molar-refractivity contribution in [1.29, 1.82) is 0 Å². The highest BCUT2D eigenvalue weighted by Gasteiger charge is 2.08. The lowest BCUT2D eigenvalue weighted by atomic mass is 10.0. The van der Waals surface area contributed by atoms with Crippen molar-refractivity contribution in [2.45, 2.75) is 13.5 Å². The maximum absolute atomic E-state index is 12.1. The lowest BCUT2D eigenvalue weighted by Gasteiger charge is -2.07. The normalized spacial score (nSPS) is 10.5. The number of rotatable bonds is 4. The van der Waals surface area contributed by atoms with Gasteiger partial charge in [0, 0.05) is 19.7 Å². The summed E-state index contributed by atoms with van der Waals surface area (Å²) >= 11 is 0. The van der Waals surface area contributed by atoms with E-state index in [-0.39, 0.29) is 17.2 Å². The molecular weight excluding hydrogens is 314 g/mol. The molecule has 0 fully saturated rings. The van der Waals surface area contributed by atoms with Crippen LogP contribution in [-0.4, -0.2) is 15.7 Å². The molecule has 0 bridgehead atoms. The molecule has 0 aliphatic carbocycles. The van der Waals surface area contributed by atoms with Crippen molar-refractivity contribution in [1.82, 2.24) is 15.1 Å². The van der Waals surface area contributed by atoms with Gasteiger partial charge in [0.1, 0.15) is 5.69 Å². The molecule has 5 heteroatoms. The first-order valence-corrected chi connectivity index (χ1v) is 8.01. The van der Waals surface area contributed by atoms with E-state index in [1.807, 2.05) is 30.3 Å². The van der Waals surface area contributed by atoms with Crippen molar-refractivity contribution in [2.24, 2.45) is 7.05 Å². The summed E-state index contributed by atoms with van der Waals surface area (Å²) in [6.07, 6.45) is 0. The molecule has 2 aromatic carbocycles. The number of benzene rings is 2. The number of carbonyl (C=O) groups excluding carboxylic acids is 1. The Hall–Kier alpha value is -3.21. The number of aryl methyl sites for hydroxylation is 2. The number of amides is 1. The Morgan fingerprint density at radius 2 is 1.80 bits per heavy atom. The molecule has 0 spiro atoms. The van der Waals surface area contributed by atoms with E-state index in [2.05, 4.69) is 35.5 Å². The lowest BCUT2D eigenvalue weighted by Crippen LogP contribution is -2.28. The van der Waals surface area contributed by atoms with Crippen LogP contribution in [0.1, 0.15) is 21.6 Å². The Bertz CT molecular complexity index is 959. The summed E-state index contributed by atoms with van der Waals surface area (Å²) in [6, 6.07) is 19.2. The molecule has 0 radical (unpaired) electrons. The molecule has 1 amide bonds. The van der Waals surface area contributed by atoms with E-state index < -0.39 is 0 Å². The number of hydrogen-bond donors (Lipinski definition) is 1. The molecule has 0 atom stereocenters. The predicted molar refractivity (Wildman–Crippen MR) is 97.3 cm³/mol. The molecule has 1 N–H and O–H groups in total. The third-order valence-electron chi connectivity index (χ3n) is 3.95. The quantitative estimate of drug-likeness (QED) is 0.798. The number of nitrogens with one attached hydrogen (secondary N) is 1. The molecule has 0 unspecified atom stereocenters. The monoisotopic (exact) mass is 333 g/mol. The standard InChI is InChI=1S/C20H19N3O2/c1-14-4-3-5-17(12-14)16-8-6-15(7-9-16)13-21-20(25)18-10-11-19(24)23(2)22-18/h3-12H,13H2,1-2H3,(H,21,25). The SMILES string of the molecule is Cc1cccc(-c2ccc(CNC(=O)c3ccc(=O)n(C)n3)cc2)c1. The maximum Gasteiger partial charge on any atom is 0.271 e. The van der Waals surface area contributed by atoms with Gasteiger partial charge in [-0.1, -0.05) is 54.1 Å². The van der Waals surface area contributed by atoms with Gasteiger partial charge in [0.2, 0.25) is 0 Å². The summed E-state index contributed by atoms with van der Waals surface area (Å²) in [5.41, 5.74) is 4.50. The lowest BCUT2D eigenvalue weighted by molar-refractivity contribution is 0.0943. The van der Waals surface area contributed by atoms with Gasteiger partial charge in [-0.25, -0.2) is 4.68 Å². The average molecular weight is 333 g/mol. The van der Waals surface area contributed by atoms with E-state index in [4.69, 9.17) is 0 Å². The zero-order chi connectivity index (χ0) is 17.8. The predicted octanol–water partition coefficient (Wildman–Crippen LogP) is 2.69. The molecule has 0 saturated heterocycles. The van der Waals surface area contributed by atoms with Crippen LogP contribution in [0.15, 0.2) is 65.5 Å². The van der Waals surface area contributed by atoms with Crippen LogP contribution >= 0.6 is 0 Å². The number of nitrogens with zero attached hydrogens (tertiary/aromatic N) is 2. The van der Waals surface area contributed by atoms with Crippen molar-refractivity contribution in [2.75, 3.05) is 0 Å². The molecular formula is C20H19N3O2. The summed E-state index contributed by atoms with van der Waals surface area (Å²) in [6.45, 7) is 2.47. The first-order valence-electron chi connectivity index (χ1n) is 8.01. The molecule has 0 aliphatic rings. The summed E-state index contributed by atoms with van der Waals surface area (Å²) in [7, 11) is 1.52. The van der Waals surface area contributed by atoms with Crippen molar-refractivity contribution >= 4 is 5.91 Å². The minimum atomic E-state index is -0.307. The van der Waals surface area contributed by atoms with Gasteiger partial charge in [-0.05, 0) is 29.7 Å². The smallest absolute Gasteiger partial charge is 0.271 e. The number of carbonyl (C=O) groups is 1. The molecule has 3 aromatic rings. The zero-order valence-corrected chi connectivity index (χ0v) is 14.2. The van der Waals surface area contributed by atoms with Crippen molar-refractivity contribution < 1.29 is 4.79 Å². The van der Waals surface area contributed by atoms with Crippen molar-refractivity contribution in [3.8, 4) is 11.1 Å². The van der Waals surface area contributed by atoms with Gasteiger partial charge in [0.15, 0.2) is 0 Å². The van der Waals surface area contributed by atoms with Gasteiger partial charge in [-0.2, -0.15) is 5.10 Å². The van der Waals surface area contributed by atoms with Crippen LogP contribution in [0.4, 0.5) is 0 Å². The van der Waals surface area contributed by atoms with Gasteiger partial charge in [0.25, 0.3) is 11.5 Å². The number of hydrogen-bond acceptors (Lipinski definition) is 3. The summed E-state index contributed by atoms with van der Waals surface area (Å²) in [5.74, 6) is -0.307. The van der Waals surface area contributed by atoms with Crippen LogP contribution in [0.3, 0.4) is 0 Å². The average Bonchev–Trinajstić information content (AvgIpc) is 2.62. The van der Waals surface area contributed by atoms with Crippen LogP contribution in [-0.2, 0) is 13.6 Å². The zero-order valence-electron chi connectivity index (χ0n) is 14.2. The second kappa shape index (κ2) is 7.13. The van der Waals surface area contributed by atoms with E-state index >= 15 is 0 Å². The minimum absolute atomic E-state index is 0.221. The van der Waals surface area contributed by atoms with Gasteiger partial charge >= 0.3 is 0 Å². The second-order valence-corrected chi connectivity index (χ2v) is 5.93. The summed E-state index contributed by atoms with van der Waals surface area (Å²) < 4.78 is 1.14. The highest BCUT2D eigenvalue weighted by Crippen LogP contribution is 2.20. The molecule has 3 rings (SSSR count). The topological polar surface area (TPSA) is 64.0 Å². The van der Waals surface area contributed by atoms with Crippen LogP contribution in [0.25, 0.3) is 11.1 Å². The molecule has 0 saturated carbocycles. The van der Waals surface area contributed by atoms with Crippen molar-refractivity contribution in [3.05, 3.63) is 87.8 Å². The fourth-order valence-corrected chi connectivity index (χ4v) is 2.54. The molecule has 25 heavy (non-hydrogen) atoms. The third-order valence-corrected chi connectivity index (χ3v) is 3.95. The minimum Gasteiger partial charge on any atom is -0.347 e. The highest BCUT2D eigenvalue weighted by molar-refractivity contribution is 5.91. The Labute approximate surface area is 145 Å². The van der Waals surface area contributed by atoms with E-state index in [1.165, 1.54) is 30.3 Å². The van der Waals surface area contributed by atoms with E-state index in [9.17, 15) is 9.59 Å². The highest BCUT2D eigenvalue weighted by atomic mass is 16.2. The third kappa shape index (κ3) is 4.01. The van der Waals surface area contributed by atoms with Crippen LogP contribution < -0.4 is 10.9 Å².